The second-order valence-electron chi connectivity index (χ2n) is 4.31. The van der Waals surface area contributed by atoms with Crippen molar-refractivity contribution in [1.82, 2.24) is 0 Å². The molecule has 0 nitrogen and oxygen atoms in total. The van der Waals surface area contributed by atoms with Crippen LogP contribution < -0.4 is 0 Å². The van der Waals surface area contributed by atoms with Crippen LogP contribution in [0.15, 0.2) is 0 Å². The fraction of sp³-hybridized carbons (Fsp3) is 0.846. The van der Waals surface area contributed by atoms with Gasteiger partial charge in [0.25, 0.3) is 0 Å². The molecule has 0 spiro atoms. The highest BCUT2D eigenvalue weighted by molar-refractivity contribution is 4.62. The van der Waals surface area contributed by atoms with Crippen LogP contribution in [-0.2, 0) is 0 Å². The normalized spacial score (nSPS) is 13.6. The monoisotopic (exact) mass is 182 g/mol. The molecule has 0 aromatic heterocycles. The molecule has 2 atom stereocenters. The molecule has 0 aliphatic carbocycles. The first-order chi connectivity index (χ1) is 6.20. The van der Waals surface area contributed by atoms with Gasteiger partial charge in [-0.3, -0.25) is 0 Å². The zero-order chi connectivity index (χ0) is 10.1. The van der Waals surface area contributed by atoms with Gasteiger partial charge < -0.3 is 0 Å². The second-order valence-corrected chi connectivity index (χ2v) is 4.31. The zero-order valence-corrected chi connectivity index (χ0v) is 9.52. The largest absolute Gasteiger partial charge is 0.0651 e. The van der Waals surface area contributed by atoms with Crippen LogP contribution in [0.4, 0.5) is 0 Å². The average molecular weight is 182 g/mol. The molecule has 2 unspecified atom stereocenters. The molecule has 0 saturated heterocycles. The molecule has 0 bridgehead atoms. The zero-order valence-electron chi connectivity index (χ0n) is 9.52. The quantitative estimate of drug-likeness (QED) is 0.479. The SMILES string of the molecule is [CH2]CCCCC(CC)CCC([CH2])C. The van der Waals surface area contributed by atoms with E-state index in [0.29, 0.717) is 5.92 Å². The Balaban J connectivity index is 3.39. The molecule has 0 aromatic carbocycles. The molecular formula is C13H26. The van der Waals surface area contributed by atoms with Gasteiger partial charge >= 0.3 is 0 Å². The molecule has 78 valence electrons. The topological polar surface area (TPSA) is 0 Å². The van der Waals surface area contributed by atoms with Crippen molar-refractivity contribution in [2.75, 3.05) is 0 Å². The van der Waals surface area contributed by atoms with Crippen LogP contribution in [0, 0.1) is 25.7 Å². The Kier molecular flexibility index (Phi) is 8.59. The minimum atomic E-state index is 0.627. The maximum absolute atomic E-state index is 4.03. The molecule has 0 heterocycles. The number of hydrogen-bond donors (Lipinski definition) is 0. The van der Waals surface area contributed by atoms with E-state index in [0.717, 1.165) is 12.3 Å². The van der Waals surface area contributed by atoms with E-state index in [1.807, 2.05) is 0 Å². The first-order valence-electron chi connectivity index (χ1n) is 5.83. The van der Waals surface area contributed by atoms with E-state index in [1.54, 1.807) is 0 Å². The smallest absolute Gasteiger partial charge is 0.0417 e. The summed E-state index contributed by atoms with van der Waals surface area (Å²) in [6.45, 7) is 12.4. The third-order valence-corrected chi connectivity index (χ3v) is 2.76. The third-order valence-electron chi connectivity index (χ3n) is 2.76. The van der Waals surface area contributed by atoms with Gasteiger partial charge in [-0.05, 0) is 11.8 Å². The first kappa shape index (κ1) is 13.0. The van der Waals surface area contributed by atoms with Crippen LogP contribution in [0.5, 0.6) is 0 Å². The molecule has 13 heavy (non-hydrogen) atoms. The number of unbranched alkanes of at least 4 members (excludes halogenated alkanes) is 2. The van der Waals surface area contributed by atoms with E-state index in [9.17, 15) is 0 Å². The molecule has 0 aromatic rings. The molecule has 0 rings (SSSR count). The maximum atomic E-state index is 4.03. The molecule has 0 fully saturated rings. The van der Waals surface area contributed by atoms with Crippen molar-refractivity contribution in [2.45, 2.75) is 58.8 Å². The van der Waals surface area contributed by atoms with Crippen LogP contribution in [0.1, 0.15) is 58.8 Å². The highest BCUT2D eigenvalue weighted by Crippen LogP contribution is 2.21. The van der Waals surface area contributed by atoms with Crippen molar-refractivity contribution < 1.29 is 0 Å². The fourth-order valence-electron chi connectivity index (χ4n) is 1.68. The van der Waals surface area contributed by atoms with Crippen molar-refractivity contribution in [2.24, 2.45) is 11.8 Å². The first-order valence-corrected chi connectivity index (χ1v) is 5.83. The summed E-state index contributed by atoms with van der Waals surface area (Å²) in [5, 5.41) is 0. The Morgan fingerprint density at radius 2 is 1.77 bits per heavy atom. The summed E-state index contributed by atoms with van der Waals surface area (Å²) >= 11 is 0. The van der Waals surface area contributed by atoms with Crippen molar-refractivity contribution in [3.8, 4) is 0 Å². The van der Waals surface area contributed by atoms with Crippen molar-refractivity contribution in [3.05, 3.63) is 13.8 Å². The summed E-state index contributed by atoms with van der Waals surface area (Å²) in [4.78, 5) is 0. The van der Waals surface area contributed by atoms with Gasteiger partial charge in [-0.2, -0.15) is 0 Å². The van der Waals surface area contributed by atoms with Gasteiger partial charge in [-0.15, -0.1) is 0 Å². The third kappa shape index (κ3) is 8.33. The predicted molar refractivity (Wildman–Crippen MR) is 61.4 cm³/mol. The Morgan fingerprint density at radius 3 is 2.23 bits per heavy atom. The van der Waals surface area contributed by atoms with E-state index in [-0.39, 0.29) is 0 Å². The molecule has 2 radical (unpaired) electrons. The summed E-state index contributed by atoms with van der Waals surface area (Å²) < 4.78 is 0. The molecule has 0 aliphatic heterocycles. The average Bonchev–Trinajstić information content (AvgIpc) is 2.10. The summed E-state index contributed by atoms with van der Waals surface area (Å²) in [5.74, 6) is 1.57. The predicted octanol–water partition coefficient (Wildman–Crippen LogP) is 4.66. The lowest BCUT2D eigenvalue weighted by Gasteiger charge is -2.15. The second kappa shape index (κ2) is 8.59. The Morgan fingerprint density at radius 1 is 1.08 bits per heavy atom. The van der Waals surface area contributed by atoms with Gasteiger partial charge in [-0.25, -0.2) is 0 Å². The maximum Gasteiger partial charge on any atom is -0.0417 e. The standard InChI is InChI=1S/C13H26/c1-5-7-8-9-13(6-2)11-10-12(3)4/h12-13H,1,3,5-11H2,2,4H3. The number of hydrogen-bond acceptors (Lipinski definition) is 0. The van der Waals surface area contributed by atoms with Crippen LogP contribution in [0.25, 0.3) is 0 Å². The van der Waals surface area contributed by atoms with Crippen molar-refractivity contribution >= 4 is 0 Å². The summed E-state index contributed by atoms with van der Waals surface area (Å²) in [7, 11) is 0. The van der Waals surface area contributed by atoms with Crippen molar-refractivity contribution in [3.63, 3.8) is 0 Å². The lowest BCUT2D eigenvalue weighted by Crippen LogP contribution is -2.01. The Bertz CT molecular complexity index is 94.2. The molecule has 0 aliphatic rings. The van der Waals surface area contributed by atoms with Crippen LogP contribution in [0.2, 0.25) is 0 Å². The van der Waals surface area contributed by atoms with Crippen LogP contribution in [-0.4, -0.2) is 0 Å². The van der Waals surface area contributed by atoms with Gasteiger partial charge in [0.15, 0.2) is 0 Å². The Labute approximate surface area is 85.1 Å². The minimum Gasteiger partial charge on any atom is -0.0651 e. The minimum absolute atomic E-state index is 0.627. The van der Waals surface area contributed by atoms with Gasteiger partial charge in [0, 0.05) is 0 Å². The highest BCUT2D eigenvalue weighted by Gasteiger charge is 2.06. The summed E-state index contributed by atoms with van der Waals surface area (Å²) in [5.41, 5.74) is 0. The van der Waals surface area contributed by atoms with E-state index >= 15 is 0 Å². The molecular weight excluding hydrogens is 156 g/mol. The fourth-order valence-corrected chi connectivity index (χ4v) is 1.68. The molecule has 0 heteroatoms. The molecule has 0 saturated carbocycles. The van der Waals surface area contributed by atoms with E-state index in [4.69, 9.17) is 0 Å². The van der Waals surface area contributed by atoms with E-state index < -0.39 is 0 Å². The number of rotatable bonds is 8. The lowest BCUT2D eigenvalue weighted by molar-refractivity contribution is 0.388. The van der Waals surface area contributed by atoms with Crippen LogP contribution >= 0.6 is 0 Å². The van der Waals surface area contributed by atoms with Gasteiger partial charge in [0.1, 0.15) is 0 Å². The van der Waals surface area contributed by atoms with Gasteiger partial charge in [0.05, 0.1) is 0 Å². The van der Waals surface area contributed by atoms with E-state index in [1.165, 1.54) is 38.5 Å². The summed E-state index contributed by atoms with van der Waals surface area (Å²) in [6, 6.07) is 0. The lowest BCUT2D eigenvalue weighted by atomic mass is 9.91. The summed E-state index contributed by atoms with van der Waals surface area (Å²) in [6.07, 6.45) is 9.18. The molecule has 0 amide bonds. The van der Waals surface area contributed by atoms with Gasteiger partial charge in [0.2, 0.25) is 0 Å². The van der Waals surface area contributed by atoms with Crippen LogP contribution in [0.3, 0.4) is 0 Å². The molecule has 0 N–H and O–H groups in total. The van der Waals surface area contributed by atoms with Crippen molar-refractivity contribution in [1.29, 1.82) is 0 Å². The highest BCUT2D eigenvalue weighted by atomic mass is 14.1. The Hall–Kier alpha value is 0. The van der Waals surface area contributed by atoms with E-state index in [2.05, 4.69) is 27.7 Å². The van der Waals surface area contributed by atoms with Gasteiger partial charge in [-0.1, -0.05) is 72.6 Å².